The topological polar surface area (TPSA) is 53.6 Å². The molecule has 1 amide bonds. The number of piperazine rings is 1. The minimum absolute atomic E-state index is 0. The molecular formula is C17H23ClF3N3O2. The molecular weight excluding hydrogens is 371 g/mol. The van der Waals surface area contributed by atoms with E-state index in [1.807, 2.05) is 12.1 Å². The molecule has 1 saturated heterocycles. The lowest BCUT2D eigenvalue weighted by Crippen LogP contribution is -2.57. The van der Waals surface area contributed by atoms with Crippen LogP contribution in [0.15, 0.2) is 18.2 Å². The third-order valence-corrected chi connectivity index (χ3v) is 4.58. The summed E-state index contributed by atoms with van der Waals surface area (Å²) in [6, 6.07) is 3.83. The number of halogens is 4. The molecule has 0 radical (unpaired) electrons. The molecule has 0 aromatic heterocycles. The number of ether oxygens (including phenoxy) is 1. The molecule has 2 aliphatic heterocycles. The predicted octanol–water partition coefficient (Wildman–Crippen LogP) is 1.54. The van der Waals surface area contributed by atoms with Crippen molar-refractivity contribution in [2.75, 3.05) is 39.3 Å². The van der Waals surface area contributed by atoms with Crippen LogP contribution >= 0.6 is 12.4 Å². The van der Waals surface area contributed by atoms with Crippen LogP contribution in [0.3, 0.4) is 0 Å². The first-order valence-corrected chi connectivity index (χ1v) is 8.46. The Kier molecular flexibility index (Phi) is 7.14. The molecule has 9 heteroatoms. The second-order valence-electron chi connectivity index (χ2n) is 6.36. The van der Waals surface area contributed by atoms with Gasteiger partial charge in [0, 0.05) is 39.1 Å². The van der Waals surface area contributed by atoms with E-state index in [-0.39, 0.29) is 18.8 Å². The van der Waals surface area contributed by atoms with Gasteiger partial charge in [-0.05, 0) is 17.2 Å². The molecule has 1 fully saturated rings. The van der Waals surface area contributed by atoms with E-state index in [9.17, 15) is 18.0 Å². The number of hydrogen-bond donors (Lipinski definition) is 2. The number of hydrogen-bond acceptors (Lipinski definition) is 4. The van der Waals surface area contributed by atoms with E-state index >= 15 is 0 Å². The predicted molar refractivity (Wildman–Crippen MR) is 93.9 cm³/mol. The summed E-state index contributed by atoms with van der Waals surface area (Å²) in [4.78, 5) is 13.5. The SMILES string of the molecule is Cl.O=C(Cc1ccc2c(c1)CCO2)NCC(N1CCNCC1)C(F)(F)F. The molecule has 1 atom stereocenters. The highest BCUT2D eigenvalue weighted by molar-refractivity contribution is 5.85. The van der Waals surface area contributed by atoms with Crippen molar-refractivity contribution in [3.63, 3.8) is 0 Å². The van der Waals surface area contributed by atoms with Crippen LogP contribution in [0, 0.1) is 0 Å². The maximum Gasteiger partial charge on any atom is 0.405 e. The highest BCUT2D eigenvalue weighted by Crippen LogP contribution is 2.26. The fourth-order valence-corrected chi connectivity index (χ4v) is 3.25. The van der Waals surface area contributed by atoms with Crippen LogP contribution in [0.1, 0.15) is 11.1 Å². The number of nitrogens with zero attached hydrogens (tertiary/aromatic N) is 1. The van der Waals surface area contributed by atoms with Gasteiger partial charge in [-0.2, -0.15) is 13.2 Å². The van der Waals surface area contributed by atoms with Crippen LogP contribution in [0.4, 0.5) is 13.2 Å². The first kappa shape index (κ1) is 20.8. The fourth-order valence-electron chi connectivity index (χ4n) is 3.25. The Labute approximate surface area is 156 Å². The second-order valence-corrected chi connectivity index (χ2v) is 6.36. The van der Waals surface area contributed by atoms with Crippen LogP contribution in [-0.2, 0) is 17.6 Å². The molecule has 2 N–H and O–H groups in total. The normalized spacial score (nSPS) is 18.4. The Hall–Kier alpha value is -1.51. The summed E-state index contributed by atoms with van der Waals surface area (Å²) >= 11 is 0. The van der Waals surface area contributed by atoms with Gasteiger partial charge in [-0.3, -0.25) is 9.69 Å². The van der Waals surface area contributed by atoms with Gasteiger partial charge in [-0.1, -0.05) is 12.1 Å². The molecule has 2 aliphatic rings. The van der Waals surface area contributed by atoms with Crippen molar-refractivity contribution >= 4 is 18.3 Å². The monoisotopic (exact) mass is 393 g/mol. The molecule has 1 aromatic carbocycles. The van der Waals surface area contributed by atoms with Crippen LogP contribution in [-0.4, -0.2) is 62.4 Å². The lowest BCUT2D eigenvalue weighted by atomic mass is 10.1. The summed E-state index contributed by atoms with van der Waals surface area (Å²) in [6.45, 7) is 1.91. The highest BCUT2D eigenvalue weighted by atomic mass is 35.5. The van der Waals surface area contributed by atoms with Crippen LogP contribution in [0.25, 0.3) is 0 Å². The molecule has 3 rings (SSSR count). The van der Waals surface area contributed by atoms with Gasteiger partial charge in [0.2, 0.25) is 5.91 Å². The van der Waals surface area contributed by atoms with Gasteiger partial charge >= 0.3 is 6.18 Å². The van der Waals surface area contributed by atoms with E-state index in [0.29, 0.717) is 32.8 Å². The summed E-state index contributed by atoms with van der Waals surface area (Å²) in [5.41, 5.74) is 1.83. The quantitative estimate of drug-likeness (QED) is 0.797. The van der Waals surface area contributed by atoms with Gasteiger partial charge < -0.3 is 15.4 Å². The summed E-state index contributed by atoms with van der Waals surface area (Å²) < 4.78 is 45.3. The maximum atomic E-state index is 13.3. The summed E-state index contributed by atoms with van der Waals surface area (Å²) in [7, 11) is 0. The third kappa shape index (κ3) is 5.25. The Morgan fingerprint density at radius 3 is 2.73 bits per heavy atom. The van der Waals surface area contributed by atoms with Crippen molar-refractivity contribution in [3.8, 4) is 5.75 Å². The Balaban J connectivity index is 0.00000243. The Morgan fingerprint density at radius 2 is 2.04 bits per heavy atom. The first-order chi connectivity index (χ1) is 11.9. The van der Waals surface area contributed by atoms with E-state index in [1.54, 1.807) is 6.07 Å². The van der Waals surface area contributed by atoms with Crippen molar-refractivity contribution < 1.29 is 22.7 Å². The number of benzene rings is 1. The average molecular weight is 394 g/mol. The van der Waals surface area contributed by atoms with E-state index in [0.717, 1.165) is 23.3 Å². The molecule has 0 aliphatic carbocycles. The fraction of sp³-hybridized carbons (Fsp3) is 0.588. The first-order valence-electron chi connectivity index (χ1n) is 8.46. The smallest absolute Gasteiger partial charge is 0.405 e. The van der Waals surface area contributed by atoms with Crippen molar-refractivity contribution in [3.05, 3.63) is 29.3 Å². The minimum Gasteiger partial charge on any atom is -0.493 e. The lowest BCUT2D eigenvalue weighted by Gasteiger charge is -2.35. The molecule has 1 unspecified atom stereocenters. The van der Waals surface area contributed by atoms with Crippen molar-refractivity contribution in [2.24, 2.45) is 0 Å². The number of fused-ring (bicyclic) bond motifs is 1. The highest BCUT2D eigenvalue weighted by Gasteiger charge is 2.43. The lowest BCUT2D eigenvalue weighted by molar-refractivity contribution is -0.184. The molecule has 26 heavy (non-hydrogen) atoms. The zero-order valence-electron chi connectivity index (χ0n) is 14.3. The molecule has 146 valence electrons. The molecule has 0 spiro atoms. The number of carbonyl (C=O) groups excluding carboxylic acids is 1. The number of amides is 1. The van der Waals surface area contributed by atoms with E-state index in [2.05, 4.69) is 10.6 Å². The number of carbonyl (C=O) groups is 1. The van der Waals surface area contributed by atoms with Crippen LogP contribution in [0.5, 0.6) is 5.75 Å². The van der Waals surface area contributed by atoms with E-state index < -0.39 is 24.7 Å². The van der Waals surface area contributed by atoms with Crippen molar-refractivity contribution in [1.29, 1.82) is 0 Å². The number of nitrogens with one attached hydrogen (secondary N) is 2. The number of rotatable bonds is 5. The molecule has 2 heterocycles. The standard InChI is InChI=1S/C17H22F3N3O2.ClH/c18-17(19,20)15(23-6-4-21-5-7-23)11-22-16(24)10-12-1-2-14-13(9-12)3-8-25-14;/h1-2,9,15,21H,3-8,10-11H2,(H,22,24);1H. The Bertz CT molecular complexity index is 622. The summed E-state index contributed by atoms with van der Waals surface area (Å²) in [6.07, 6.45) is -3.50. The van der Waals surface area contributed by atoms with E-state index in [4.69, 9.17) is 4.74 Å². The average Bonchev–Trinajstić information content (AvgIpc) is 3.02. The molecule has 1 aromatic rings. The van der Waals surface area contributed by atoms with Crippen molar-refractivity contribution in [2.45, 2.75) is 25.1 Å². The summed E-state index contributed by atoms with van der Waals surface area (Å²) in [5.74, 6) is 0.420. The van der Waals surface area contributed by atoms with Gasteiger partial charge in [-0.25, -0.2) is 0 Å². The number of alkyl halides is 3. The van der Waals surface area contributed by atoms with Gasteiger partial charge in [0.25, 0.3) is 0 Å². The molecule has 0 bridgehead atoms. The van der Waals surface area contributed by atoms with Gasteiger partial charge in [0.05, 0.1) is 13.0 Å². The van der Waals surface area contributed by atoms with Crippen LogP contribution < -0.4 is 15.4 Å². The van der Waals surface area contributed by atoms with E-state index in [1.165, 1.54) is 4.90 Å². The third-order valence-electron chi connectivity index (χ3n) is 4.58. The van der Waals surface area contributed by atoms with Gasteiger partial charge in [-0.15, -0.1) is 12.4 Å². The Morgan fingerprint density at radius 1 is 1.31 bits per heavy atom. The summed E-state index contributed by atoms with van der Waals surface area (Å²) in [5, 5.41) is 5.48. The van der Waals surface area contributed by atoms with Crippen molar-refractivity contribution in [1.82, 2.24) is 15.5 Å². The minimum atomic E-state index is -4.37. The molecule has 0 saturated carbocycles. The molecule has 5 nitrogen and oxygen atoms in total. The van der Waals surface area contributed by atoms with Gasteiger partial charge in [0.1, 0.15) is 11.8 Å². The maximum absolute atomic E-state index is 13.3. The second kappa shape index (κ2) is 8.92. The van der Waals surface area contributed by atoms with Crippen LogP contribution in [0.2, 0.25) is 0 Å². The largest absolute Gasteiger partial charge is 0.493 e. The zero-order chi connectivity index (χ0) is 17.9. The van der Waals surface area contributed by atoms with Gasteiger partial charge in [0.15, 0.2) is 0 Å². The zero-order valence-corrected chi connectivity index (χ0v) is 15.1.